The van der Waals surface area contributed by atoms with E-state index in [1.807, 2.05) is 30.3 Å². The highest BCUT2D eigenvalue weighted by molar-refractivity contribution is 5.97. The standard InChI is InChI=1S/C19H19NO5/c1-13(19(22)23)20(12-14-5-3-2-4-6-14)18(21)15-7-8-16-17(11-15)25-10-9-24-16/h2-8,11,13H,9-10,12H2,1H3,(H,22,23). The summed E-state index contributed by atoms with van der Waals surface area (Å²) < 4.78 is 11.0. The van der Waals surface area contributed by atoms with Crippen molar-refractivity contribution in [3.05, 3.63) is 59.7 Å². The van der Waals surface area contributed by atoms with Crippen LogP contribution >= 0.6 is 0 Å². The number of amides is 1. The summed E-state index contributed by atoms with van der Waals surface area (Å²) in [5, 5.41) is 9.38. The van der Waals surface area contributed by atoms with Crippen LogP contribution in [0, 0.1) is 0 Å². The highest BCUT2D eigenvalue weighted by atomic mass is 16.6. The van der Waals surface area contributed by atoms with Gasteiger partial charge in [-0.3, -0.25) is 4.79 Å². The third-order valence-corrected chi connectivity index (χ3v) is 4.07. The lowest BCUT2D eigenvalue weighted by Crippen LogP contribution is -2.42. The van der Waals surface area contributed by atoms with Crippen LogP contribution in [0.15, 0.2) is 48.5 Å². The van der Waals surface area contributed by atoms with Crippen LogP contribution < -0.4 is 9.47 Å². The molecule has 25 heavy (non-hydrogen) atoms. The fourth-order valence-electron chi connectivity index (χ4n) is 2.64. The molecule has 6 heteroatoms. The van der Waals surface area contributed by atoms with Gasteiger partial charge in [0.2, 0.25) is 0 Å². The molecular formula is C19H19NO5. The van der Waals surface area contributed by atoms with Crippen molar-refractivity contribution in [1.82, 2.24) is 4.90 Å². The van der Waals surface area contributed by atoms with E-state index in [0.29, 0.717) is 30.3 Å². The molecule has 2 aromatic rings. The first-order chi connectivity index (χ1) is 12.1. The maximum atomic E-state index is 12.9. The van der Waals surface area contributed by atoms with E-state index in [4.69, 9.17) is 9.47 Å². The summed E-state index contributed by atoms with van der Waals surface area (Å²) in [6, 6.07) is 13.2. The normalized spacial score (nSPS) is 13.8. The topological polar surface area (TPSA) is 76.1 Å². The molecule has 1 atom stereocenters. The molecule has 1 unspecified atom stereocenters. The number of aliphatic carboxylic acids is 1. The van der Waals surface area contributed by atoms with Gasteiger partial charge in [-0.2, -0.15) is 0 Å². The Hall–Kier alpha value is -3.02. The number of nitrogens with zero attached hydrogens (tertiary/aromatic N) is 1. The number of hydrogen-bond acceptors (Lipinski definition) is 4. The van der Waals surface area contributed by atoms with Crippen molar-refractivity contribution in [3.63, 3.8) is 0 Å². The van der Waals surface area contributed by atoms with E-state index in [0.717, 1.165) is 5.56 Å². The molecule has 1 aliphatic rings. The van der Waals surface area contributed by atoms with Gasteiger partial charge in [0.05, 0.1) is 0 Å². The molecule has 1 N–H and O–H groups in total. The summed E-state index contributed by atoms with van der Waals surface area (Å²) in [5.74, 6) is -0.332. The average molecular weight is 341 g/mol. The zero-order chi connectivity index (χ0) is 17.8. The van der Waals surface area contributed by atoms with Gasteiger partial charge in [0, 0.05) is 12.1 Å². The Labute approximate surface area is 145 Å². The van der Waals surface area contributed by atoms with Crippen molar-refractivity contribution in [2.45, 2.75) is 19.5 Å². The van der Waals surface area contributed by atoms with Crippen molar-refractivity contribution >= 4 is 11.9 Å². The molecule has 2 aromatic carbocycles. The molecule has 0 aliphatic carbocycles. The van der Waals surface area contributed by atoms with Gasteiger partial charge in [0.25, 0.3) is 5.91 Å². The molecule has 1 amide bonds. The monoisotopic (exact) mass is 341 g/mol. The Balaban J connectivity index is 1.89. The molecule has 3 rings (SSSR count). The fraction of sp³-hybridized carbons (Fsp3) is 0.263. The summed E-state index contributed by atoms with van der Waals surface area (Å²) >= 11 is 0. The van der Waals surface area contributed by atoms with Crippen molar-refractivity contribution < 1.29 is 24.2 Å². The summed E-state index contributed by atoms with van der Waals surface area (Å²) in [6.45, 7) is 2.60. The van der Waals surface area contributed by atoms with E-state index in [2.05, 4.69) is 0 Å². The molecule has 0 saturated heterocycles. The first-order valence-electron chi connectivity index (χ1n) is 8.03. The maximum absolute atomic E-state index is 12.9. The van der Waals surface area contributed by atoms with Gasteiger partial charge >= 0.3 is 5.97 Å². The summed E-state index contributed by atoms with van der Waals surface area (Å²) in [7, 11) is 0. The van der Waals surface area contributed by atoms with Crippen LogP contribution in [0.4, 0.5) is 0 Å². The predicted molar refractivity (Wildman–Crippen MR) is 90.8 cm³/mol. The number of carbonyl (C=O) groups is 2. The molecule has 0 aromatic heterocycles. The Morgan fingerprint density at radius 2 is 1.76 bits per heavy atom. The Morgan fingerprint density at radius 3 is 2.44 bits per heavy atom. The van der Waals surface area contributed by atoms with Gasteiger partial charge in [-0.05, 0) is 30.7 Å². The third kappa shape index (κ3) is 3.74. The molecule has 0 fully saturated rings. The van der Waals surface area contributed by atoms with Crippen LogP contribution in [0.5, 0.6) is 11.5 Å². The number of carboxylic acids is 1. The molecule has 0 radical (unpaired) electrons. The molecule has 0 bridgehead atoms. The minimum Gasteiger partial charge on any atom is -0.486 e. The van der Waals surface area contributed by atoms with Crippen molar-refractivity contribution in [3.8, 4) is 11.5 Å². The molecule has 0 saturated carbocycles. The average Bonchev–Trinajstić information content (AvgIpc) is 2.65. The second-order valence-electron chi connectivity index (χ2n) is 5.79. The van der Waals surface area contributed by atoms with Gasteiger partial charge in [-0.15, -0.1) is 0 Å². The second-order valence-corrected chi connectivity index (χ2v) is 5.79. The number of carboxylic acid groups (broad SMARTS) is 1. The lowest BCUT2D eigenvalue weighted by molar-refractivity contribution is -0.141. The summed E-state index contributed by atoms with van der Waals surface area (Å²) in [6.07, 6.45) is 0. The van der Waals surface area contributed by atoms with Gasteiger partial charge < -0.3 is 19.5 Å². The van der Waals surface area contributed by atoms with E-state index < -0.39 is 12.0 Å². The van der Waals surface area contributed by atoms with Crippen molar-refractivity contribution in [2.24, 2.45) is 0 Å². The van der Waals surface area contributed by atoms with Crippen LogP contribution in [0.2, 0.25) is 0 Å². The Morgan fingerprint density at radius 1 is 1.08 bits per heavy atom. The molecule has 1 aliphatic heterocycles. The first kappa shape index (κ1) is 16.8. The number of ether oxygens (including phenoxy) is 2. The van der Waals surface area contributed by atoms with E-state index in [1.165, 1.54) is 11.8 Å². The third-order valence-electron chi connectivity index (χ3n) is 4.07. The Kier molecular flexibility index (Phi) is 4.88. The minimum atomic E-state index is -1.05. The maximum Gasteiger partial charge on any atom is 0.326 e. The summed E-state index contributed by atoms with van der Waals surface area (Å²) in [5.41, 5.74) is 1.23. The smallest absolute Gasteiger partial charge is 0.326 e. The number of benzene rings is 2. The lowest BCUT2D eigenvalue weighted by atomic mass is 10.1. The minimum absolute atomic E-state index is 0.210. The molecule has 130 valence electrons. The zero-order valence-corrected chi connectivity index (χ0v) is 13.8. The van der Waals surface area contributed by atoms with Gasteiger partial charge in [-0.1, -0.05) is 30.3 Å². The van der Waals surface area contributed by atoms with E-state index in [-0.39, 0.29) is 12.5 Å². The van der Waals surface area contributed by atoms with Crippen LogP contribution in [0.1, 0.15) is 22.8 Å². The highest BCUT2D eigenvalue weighted by Crippen LogP contribution is 2.31. The number of carbonyl (C=O) groups excluding carboxylic acids is 1. The molecular weight excluding hydrogens is 322 g/mol. The quantitative estimate of drug-likeness (QED) is 0.904. The fourth-order valence-corrected chi connectivity index (χ4v) is 2.64. The highest BCUT2D eigenvalue weighted by Gasteiger charge is 2.27. The van der Waals surface area contributed by atoms with E-state index >= 15 is 0 Å². The van der Waals surface area contributed by atoms with E-state index in [1.54, 1.807) is 18.2 Å². The first-order valence-corrected chi connectivity index (χ1v) is 8.03. The molecule has 1 heterocycles. The number of fused-ring (bicyclic) bond motifs is 1. The van der Waals surface area contributed by atoms with Gasteiger partial charge in [0.1, 0.15) is 19.3 Å². The van der Waals surface area contributed by atoms with Gasteiger partial charge in [0.15, 0.2) is 11.5 Å². The largest absolute Gasteiger partial charge is 0.486 e. The SMILES string of the molecule is CC(C(=O)O)N(Cc1ccccc1)C(=O)c1ccc2c(c1)OCCO2. The van der Waals surface area contributed by atoms with Crippen LogP contribution in [0.3, 0.4) is 0 Å². The lowest BCUT2D eigenvalue weighted by Gasteiger charge is -2.27. The van der Waals surface area contributed by atoms with Crippen molar-refractivity contribution in [1.29, 1.82) is 0 Å². The molecule has 6 nitrogen and oxygen atoms in total. The van der Waals surface area contributed by atoms with Crippen LogP contribution in [-0.4, -0.2) is 41.1 Å². The Bertz CT molecular complexity index is 775. The second kappa shape index (κ2) is 7.25. The predicted octanol–water partition coefficient (Wildman–Crippen LogP) is 2.57. The van der Waals surface area contributed by atoms with E-state index in [9.17, 15) is 14.7 Å². The van der Waals surface area contributed by atoms with Crippen LogP contribution in [-0.2, 0) is 11.3 Å². The number of rotatable bonds is 5. The van der Waals surface area contributed by atoms with Gasteiger partial charge in [-0.25, -0.2) is 4.79 Å². The van der Waals surface area contributed by atoms with Crippen LogP contribution in [0.25, 0.3) is 0 Å². The zero-order valence-electron chi connectivity index (χ0n) is 13.8. The number of hydrogen-bond donors (Lipinski definition) is 1. The summed E-state index contributed by atoms with van der Waals surface area (Å²) in [4.78, 5) is 25.7. The van der Waals surface area contributed by atoms with Crippen molar-refractivity contribution in [2.75, 3.05) is 13.2 Å². The molecule has 0 spiro atoms.